The van der Waals surface area contributed by atoms with Crippen molar-refractivity contribution in [2.24, 2.45) is 5.41 Å². The number of hydrogen-bond acceptors (Lipinski definition) is 2. The Balaban J connectivity index is 2.32. The number of nitrogens with zero attached hydrogens (tertiary/aromatic N) is 1. The molecule has 1 N–H and O–H groups in total. The summed E-state index contributed by atoms with van der Waals surface area (Å²) in [6.45, 7) is 8.47. The van der Waals surface area contributed by atoms with E-state index in [2.05, 4.69) is 26.1 Å². The van der Waals surface area contributed by atoms with Crippen molar-refractivity contribution in [3.63, 3.8) is 0 Å². The summed E-state index contributed by atoms with van der Waals surface area (Å²) in [5.74, 6) is 0.288. The number of hydrogen-bond donors (Lipinski definition) is 1. The van der Waals surface area contributed by atoms with Gasteiger partial charge in [-0.25, -0.2) is 0 Å². The molecule has 1 aliphatic carbocycles. The fourth-order valence-corrected chi connectivity index (χ4v) is 2.52. The lowest BCUT2D eigenvalue weighted by Crippen LogP contribution is -2.41. The van der Waals surface area contributed by atoms with E-state index >= 15 is 0 Å². The zero-order valence-electron chi connectivity index (χ0n) is 11.9. The summed E-state index contributed by atoms with van der Waals surface area (Å²) in [5, 5.41) is 3.20. The average molecular weight is 240 g/mol. The molecule has 0 bridgehead atoms. The van der Waals surface area contributed by atoms with Gasteiger partial charge in [0.1, 0.15) is 0 Å². The molecule has 0 radical (unpaired) electrons. The van der Waals surface area contributed by atoms with Crippen LogP contribution in [0.1, 0.15) is 52.9 Å². The molecule has 100 valence electrons. The van der Waals surface area contributed by atoms with Crippen molar-refractivity contribution in [1.29, 1.82) is 0 Å². The standard InChI is InChI=1S/C14H28N2O/c1-5-15-11-8-13(17)16(4)12-6-9-14(2,3)10-7-12/h12,15H,5-11H2,1-4H3. The maximum Gasteiger partial charge on any atom is 0.223 e. The minimum absolute atomic E-state index is 0.288. The third-order valence-corrected chi connectivity index (χ3v) is 4.02. The molecule has 1 fully saturated rings. The molecule has 0 unspecified atom stereocenters. The summed E-state index contributed by atoms with van der Waals surface area (Å²) in [7, 11) is 1.97. The molecule has 1 aliphatic rings. The van der Waals surface area contributed by atoms with Gasteiger partial charge in [0.05, 0.1) is 0 Å². The highest BCUT2D eigenvalue weighted by molar-refractivity contribution is 5.76. The van der Waals surface area contributed by atoms with Crippen molar-refractivity contribution in [2.75, 3.05) is 20.1 Å². The molecular weight excluding hydrogens is 212 g/mol. The average Bonchev–Trinajstić information content (AvgIpc) is 2.28. The largest absolute Gasteiger partial charge is 0.343 e. The van der Waals surface area contributed by atoms with Gasteiger partial charge in [-0.15, -0.1) is 0 Å². The smallest absolute Gasteiger partial charge is 0.223 e. The second-order valence-corrected chi connectivity index (χ2v) is 6.00. The van der Waals surface area contributed by atoms with Crippen LogP contribution in [0.15, 0.2) is 0 Å². The normalized spacial score (nSPS) is 20.2. The molecule has 17 heavy (non-hydrogen) atoms. The van der Waals surface area contributed by atoms with Gasteiger partial charge in [0.15, 0.2) is 0 Å². The summed E-state index contributed by atoms with van der Waals surface area (Å²) in [6, 6.07) is 0.470. The summed E-state index contributed by atoms with van der Waals surface area (Å²) < 4.78 is 0. The van der Waals surface area contributed by atoms with Gasteiger partial charge in [-0.2, -0.15) is 0 Å². The molecule has 0 saturated heterocycles. The van der Waals surface area contributed by atoms with Crippen LogP contribution in [0.25, 0.3) is 0 Å². The SMILES string of the molecule is CCNCCC(=O)N(C)C1CCC(C)(C)CC1. The Morgan fingerprint density at radius 1 is 1.35 bits per heavy atom. The van der Waals surface area contributed by atoms with Gasteiger partial charge in [0.25, 0.3) is 0 Å². The summed E-state index contributed by atoms with van der Waals surface area (Å²) in [4.78, 5) is 13.9. The van der Waals surface area contributed by atoms with Gasteiger partial charge in [0, 0.05) is 26.1 Å². The quantitative estimate of drug-likeness (QED) is 0.749. The first-order valence-corrected chi connectivity index (χ1v) is 6.92. The van der Waals surface area contributed by atoms with E-state index in [0.717, 1.165) is 25.9 Å². The zero-order chi connectivity index (χ0) is 12.9. The Bertz CT molecular complexity index is 241. The molecule has 1 saturated carbocycles. The number of rotatable bonds is 5. The minimum Gasteiger partial charge on any atom is -0.343 e. The molecule has 0 aliphatic heterocycles. The van der Waals surface area contributed by atoms with E-state index in [0.29, 0.717) is 17.9 Å². The van der Waals surface area contributed by atoms with Crippen LogP contribution in [-0.4, -0.2) is 37.0 Å². The molecule has 0 aromatic rings. The summed E-state index contributed by atoms with van der Waals surface area (Å²) in [6.07, 6.45) is 5.43. The van der Waals surface area contributed by atoms with Gasteiger partial charge in [0.2, 0.25) is 5.91 Å². The predicted molar refractivity (Wildman–Crippen MR) is 72.0 cm³/mol. The fraction of sp³-hybridized carbons (Fsp3) is 0.929. The van der Waals surface area contributed by atoms with E-state index in [-0.39, 0.29) is 5.91 Å². The van der Waals surface area contributed by atoms with Crippen molar-refractivity contribution in [2.45, 2.75) is 58.9 Å². The first kappa shape index (κ1) is 14.5. The highest BCUT2D eigenvalue weighted by Crippen LogP contribution is 2.36. The maximum absolute atomic E-state index is 12.0. The molecule has 1 rings (SSSR count). The van der Waals surface area contributed by atoms with Gasteiger partial charge < -0.3 is 10.2 Å². The van der Waals surface area contributed by atoms with Crippen molar-refractivity contribution in [1.82, 2.24) is 10.2 Å². The van der Waals surface area contributed by atoms with Crippen LogP contribution in [0.3, 0.4) is 0 Å². The van der Waals surface area contributed by atoms with E-state index in [1.165, 1.54) is 12.8 Å². The lowest BCUT2D eigenvalue weighted by Gasteiger charge is -2.38. The van der Waals surface area contributed by atoms with E-state index in [9.17, 15) is 4.79 Å². The fourth-order valence-electron chi connectivity index (χ4n) is 2.52. The van der Waals surface area contributed by atoms with Crippen molar-refractivity contribution < 1.29 is 4.79 Å². The van der Waals surface area contributed by atoms with Crippen LogP contribution in [0.2, 0.25) is 0 Å². The first-order chi connectivity index (χ1) is 7.96. The predicted octanol–water partition coefficient (Wildman–Crippen LogP) is 2.41. The Kier molecular flexibility index (Phi) is 5.44. The van der Waals surface area contributed by atoms with E-state index in [4.69, 9.17) is 0 Å². The monoisotopic (exact) mass is 240 g/mol. The Morgan fingerprint density at radius 3 is 2.47 bits per heavy atom. The topological polar surface area (TPSA) is 32.3 Å². The third kappa shape index (κ3) is 4.66. The van der Waals surface area contributed by atoms with E-state index in [1.54, 1.807) is 0 Å². The van der Waals surface area contributed by atoms with Crippen LogP contribution >= 0.6 is 0 Å². The van der Waals surface area contributed by atoms with Crippen LogP contribution in [-0.2, 0) is 4.79 Å². The highest BCUT2D eigenvalue weighted by atomic mass is 16.2. The second kappa shape index (κ2) is 6.39. The van der Waals surface area contributed by atoms with E-state index in [1.807, 2.05) is 11.9 Å². The number of carbonyl (C=O) groups excluding carboxylic acids is 1. The molecule has 1 amide bonds. The third-order valence-electron chi connectivity index (χ3n) is 4.02. The summed E-state index contributed by atoms with van der Waals surface area (Å²) in [5.41, 5.74) is 0.476. The molecular formula is C14H28N2O. The molecule has 3 heteroatoms. The Hall–Kier alpha value is -0.570. The van der Waals surface area contributed by atoms with Crippen LogP contribution in [0.5, 0.6) is 0 Å². The first-order valence-electron chi connectivity index (χ1n) is 6.92. The molecule has 3 nitrogen and oxygen atoms in total. The zero-order valence-corrected chi connectivity index (χ0v) is 11.9. The molecule has 0 aromatic heterocycles. The maximum atomic E-state index is 12.0. The Morgan fingerprint density at radius 2 is 1.94 bits per heavy atom. The lowest BCUT2D eigenvalue weighted by molar-refractivity contribution is -0.132. The van der Waals surface area contributed by atoms with Gasteiger partial charge >= 0.3 is 0 Å². The lowest BCUT2D eigenvalue weighted by atomic mass is 9.75. The van der Waals surface area contributed by atoms with Crippen LogP contribution in [0.4, 0.5) is 0 Å². The van der Waals surface area contributed by atoms with Crippen LogP contribution < -0.4 is 5.32 Å². The molecule has 0 atom stereocenters. The van der Waals surface area contributed by atoms with Crippen molar-refractivity contribution in [3.8, 4) is 0 Å². The van der Waals surface area contributed by atoms with Gasteiger partial charge in [-0.1, -0.05) is 20.8 Å². The molecule has 0 heterocycles. The second-order valence-electron chi connectivity index (χ2n) is 6.00. The molecule has 0 spiro atoms. The van der Waals surface area contributed by atoms with Crippen molar-refractivity contribution in [3.05, 3.63) is 0 Å². The number of amides is 1. The van der Waals surface area contributed by atoms with Crippen molar-refractivity contribution >= 4 is 5.91 Å². The van der Waals surface area contributed by atoms with Gasteiger partial charge in [-0.3, -0.25) is 4.79 Å². The van der Waals surface area contributed by atoms with Crippen LogP contribution in [0, 0.1) is 5.41 Å². The number of carbonyl (C=O) groups is 1. The summed E-state index contributed by atoms with van der Waals surface area (Å²) >= 11 is 0. The minimum atomic E-state index is 0.288. The Labute approximate surface area is 106 Å². The highest BCUT2D eigenvalue weighted by Gasteiger charge is 2.30. The van der Waals surface area contributed by atoms with E-state index < -0.39 is 0 Å². The number of nitrogens with one attached hydrogen (secondary N) is 1. The molecule has 0 aromatic carbocycles. The van der Waals surface area contributed by atoms with Gasteiger partial charge in [-0.05, 0) is 37.6 Å².